The van der Waals surface area contributed by atoms with Crippen LogP contribution in [0.2, 0.25) is 0 Å². The van der Waals surface area contributed by atoms with Gasteiger partial charge in [-0.25, -0.2) is 4.79 Å². The number of aryl methyl sites for hydroxylation is 1. The first-order chi connectivity index (χ1) is 14.3. The highest BCUT2D eigenvalue weighted by atomic mass is 32.2. The minimum atomic E-state index is -0.650. The molecule has 1 aromatic heterocycles. The Morgan fingerprint density at radius 2 is 2.00 bits per heavy atom. The number of hydrogen-bond donors (Lipinski definition) is 2. The van der Waals surface area contributed by atoms with Crippen molar-refractivity contribution in [1.82, 2.24) is 5.27 Å². The van der Waals surface area contributed by atoms with Gasteiger partial charge in [-0.1, -0.05) is 0 Å². The van der Waals surface area contributed by atoms with Crippen LogP contribution in [0.5, 0.6) is 5.75 Å². The topological polar surface area (TPSA) is 131 Å². The number of nitrogens with one attached hydrogen (secondary N) is 2. The molecule has 3 rings (SSSR count). The van der Waals surface area contributed by atoms with Crippen molar-refractivity contribution in [2.24, 2.45) is 0 Å². The van der Waals surface area contributed by atoms with E-state index in [1.807, 2.05) is 0 Å². The zero-order valence-electron chi connectivity index (χ0n) is 16.4. The molecule has 30 heavy (non-hydrogen) atoms. The van der Waals surface area contributed by atoms with Gasteiger partial charge in [-0.05, 0) is 59.3 Å². The number of anilines is 1. The predicted octanol–water partition coefficient (Wildman–Crippen LogP) is 2.59. The summed E-state index contributed by atoms with van der Waals surface area (Å²) in [6, 6.07) is 11.1. The number of carbonyl (C=O) groups is 1. The molecule has 1 atom stereocenters. The Labute approximate surface area is 174 Å². The summed E-state index contributed by atoms with van der Waals surface area (Å²) in [6.07, 6.45) is 0. The van der Waals surface area contributed by atoms with E-state index < -0.39 is 15.8 Å². The van der Waals surface area contributed by atoms with Crippen LogP contribution in [0.25, 0.3) is 5.69 Å². The third kappa shape index (κ3) is 4.51. The molecule has 0 bridgehead atoms. The van der Waals surface area contributed by atoms with Gasteiger partial charge in [0.25, 0.3) is 5.69 Å². The Balaban J connectivity index is 1.77. The molecule has 0 aliphatic carbocycles. The van der Waals surface area contributed by atoms with Gasteiger partial charge in [-0.15, -0.1) is 0 Å². The summed E-state index contributed by atoms with van der Waals surface area (Å²) in [6.45, 7) is 3.31. The number of H-pyrrole nitrogens is 1. The van der Waals surface area contributed by atoms with E-state index in [9.17, 15) is 19.7 Å². The number of amides is 1. The SMILES string of the molecule is COc1ccc(-[n+]2[nH]oc(=O)c2SC(C)C(=O)Nc2ccc([N+](=O)[O-])cc2C)cc1. The minimum Gasteiger partial charge on any atom is -0.497 e. The Bertz CT molecular complexity index is 1140. The number of benzene rings is 2. The summed E-state index contributed by atoms with van der Waals surface area (Å²) in [5, 5.41) is 15.7. The van der Waals surface area contributed by atoms with Crippen LogP contribution < -0.4 is 20.4 Å². The fourth-order valence-corrected chi connectivity index (χ4v) is 3.51. The van der Waals surface area contributed by atoms with Crippen LogP contribution in [0.1, 0.15) is 12.5 Å². The summed E-state index contributed by atoms with van der Waals surface area (Å²) in [7, 11) is 1.55. The molecule has 0 spiro atoms. The molecule has 2 N–H and O–H groups in total. The number of ether oxygens (including phenoxy) is 1. The molecule has 3 aromatic rings. The predicted molar refractivity (Wildman–Crippen MR) is 109 cm³/mol. The van der Waals surface area contributed by atoms with Gasteiger partial charge in [0.2, 0.25) is 11.6 Å². The molecule has 0 aliphatic rings. The lowest BCUT2D eigenvalue weighted by atomic mass is 10.2. The maximum absolute atomic E-state index is 12.6. The monoisotopic (exact) mass is 431 g/mol. The van der Waals surface area contributed by atoms with Crippen LogP contribution in [-0.4, -0.2) is 28.5 Å². The third-order valence-corrected chi connectivity index (χ3v) is 5.41. The standard InChI is InChI=1S/C19H18N4O6S/c1-11-10-14(23(26)27)6-9-16(11)20-17(24)12(2)30-18-19(25)29-21-22(18)13-4-7-15(28-3)8-5-13/h4-10,12H,1-3H3,(H-,20,21,24,25)/p+1. The van der Waals surface area contributed by atoms with Crippen molar-refractivity contribution in [3.8, 4) is 11.4 Å². The second-order valence-corrected chi connectivity index (χ2v) is 7.65. The van der Waals surface area contributed by atoms with Crippen molar-refractivity contribution < 1.29 is 23.7 Å². The maximum atomic E-state index is 12.6. The van der Waals surface area contributed by atoms with E-state index in [4.69, 9.17) is 9.26 Å². The van der Waals surface area contributed by atoms with E-state index in [-0.39, 0.29) is 16.6 Å². The van der Waals surface area contributed by atoms with Crippen molar-refractivity contribution >= 4 is 29.0 Å². The van der Waals surface area contributed by atoms with E-state index in [0.29, 0.717) is 22.7 Å². The average Bonchev–Trinajstić information content (AvgIpc) is 3.09. The van der Waals surface area contributed by atoms with Gasteiger partial charge < -0.3 is 10.1 Å². The van der Waals surface area contributed by atoms with Crippen molar-refractivity contribution in [3.05, 3.63) is 68.6 Å². The Hall–Kier alpha value is -3.60. The smallest absolute Gasteiger partial charge is 0.442 e. The fourth-order valence-electron chi connectivity index (χ4n) is 2.62. The molecule has 0 fully saturated rings. The number of nitrogens with zero attached hydrogens (tertiary/aromatic N) is 2. The van der Waals surface area contributed by atoms with Gasteiger partial charge >= 0.3 is 10.7 Å². The average molecular weight is 431 g/mol. The number of rotatable bonds is 7. The molecule has 0 saturated heterocycles. The molecule has 11 heteroatoms. The lowest BCUT2D eigenvalue weighted by Crippen LogP contribution is -2.37. The van der Waals surface area contributed by atoms with Crippen molar-refractivity contribution in [2.45, 2.75) is 24.1 Å². The normalized spacial score (nSPS) is 11.7. The summed E-state index contributed by atoms with van der Waals surface area (Å²) < 4.78 is 11.5. The number of aromatic nitrogens is 2. The molecular weight excluding hydrogens is 412 g/mol. The van der Waals surface area contributed by atoms with Crippen LogP contribution in [0, 0.1) is 17.0 Å². The van der Waals surface area contributed by atoms with E-state index >= 15 is 0 Å². The zero-order valence-corrected chi connectivity index (χ0v) is 17.2. The van der Waals surface area contributed by atoms with Crippen LogP contribution in [0.3, 0.4) is 0 Å². The Morgan fingerprint density at radius 1 is 1.30 bits per heavy atom. The van der Waals surface area contributed by atoms with Gasteiger partial charge in [-0.3, -0.25) is 19.4 Å². The summed E-state index contributed by atoms with van der Waals surface area (Å²) >= 11 is 1.02. The van der Waals surface area contributed by atoms with Gasteiger partial charge in [0.05, 0.1) is 17.3 Å². The van der Waals surface area contributed by atoms with Crippen molar-refractivity contribution in [2.75, 3.05) is 12.4 Å². The quantitative estimate of drug-likeness (QED) is 0.254. The van der Waals surface area contributed by atoms with E-state index in [1.54, 1.807) is 45.2 Å². The van der Waals surface area contributed by atoms with Gasteiger partial charge in [0.1, 0.15) is 5.75 Å². The molecular formula is C19H19N4O6S+. The summed E-state index contributed by atoms with van der Waals surface area (Å²) in [4.78, 5) is 35.1. The van der Waals surface area contributed by atoms with E-state index in [0.717, 1.165) is 11.8 Å². The number of hydrogen-bond acceptors (Lipinski definition) is 7. The van der Waals surface area contributed by atoms with Crippen LogP contribution >= 0.6 is 11.8 Å². The van der Waals surface area contributed by atoms with Crippen LogP contribution in [0.15, 0.2) is 56.8 Å². The second kappa shape index (κ2) is 8.82. The number of methoxy groups -OCH3 is 1. The molecule has 1 amide bonds. The zero-order chi connectivity index (χ0) is 21.8. The molecule has 0 aliphatic heterocycles. The van der Waals surface area contributed by atoms with Gasteiger partial charge in [-0.2, -0.15) is 0 Å². The fraction of sp³-hybridized carbons (Fsp3) is 0.211. The number of aromatic amines is 1. The van der Waals surface area contributed by atoms with Crippen molar-refractivity contribution in [3.63, 3.8) is 0 Å². The Kier molecular flexibility index (Phi) is 6.21. The minimum absolute atomic E-state index is 0.0570. The molecule has 2 aromatic carbocycles. The van der Waals surface area contributed by atoms with Crippen molar-refractivity contribution in [1.29, 1.82) is 0 Å². The first-order valence-corrected chi connectivity index (χ1v) is 9.68. The highest BCUT2D eigenvalue weighted by Gasteiger charge is 2.29. The lowest BCUT2D eigenvalue weighted by molar-refractivity contribution is -0.704. The van der Waals surface area contributed by atoms with Gasteiger partial charge in [0.15, 0.2) is 0 Å². The third-order valence-electron chi connectivity index (χ3n) is 4.27. The largest absolute Gasteiger partial charge is 0.497 e. The van der Waals surface area contributed by atoms with E-state index in [2.05, 4.69) is 10.6 Å². The molecule has 10 nitrogen and oxygen atoms in total. The number of non-ortho nitro benzene ring substituents is 1. The highest BCUT2D eigenvalue weighted by molar-refractivity contribution is 8.00. The van der Waals surface area contributed by atoms with Gasteiger partial charge in [0, 0.05) is 30.0 Å². The number of thioether (sulfide) groups is 1. The first-order valence-electron chi connectivity index (χ1n) is 8.80. The number of nitro benzene ring substituents is 1. The second-order valence-electron chi connectivity index (χ2n) is 6.33. The first kappa shape index (κ1) is 21.1. The molecule has 0 radical (unpaired) electrons. The lowest BCUT2D eigenvalue weighted by Gasteiger charge is -2.11. The molecule has 1 heterocycles. The summed E-state index contributed by atoms with van der Waals surface area (Å²) in [5.41, 5.74) is 0.981. The highest BCUT2D eigenvalue weighted by Crippen LogP contribution is 2.24. The molecule has 0 saturated carbocycles. The molecule has 1 unspecified atom stereocenters. The number of carbonyl (C=O) groups excluding carboxylic acids is 1. The maximum Gasteiger partial charge on any atom is 0.442 e. The number of nitro groups is 1. The summed E-state index contributed by atoms with van der Waals surface area (Å²) in [5.74, 6) is 0.296. The molecule has 156 valence electrons. The van der Waals surface area contributed by atoms with E-state index in [1.165, 1.54) is 22.9 Å². The van der Waals surface area contributed by atoms with Crippen LogP contribution in [-0.2, 0) is 4.79 Å². The Morgan fingerprint density at radius 3 is 2.60 bits per heavy atom. The van der Waals surface area contributed by atoms with Crippen LogP contribution in [0.4, 0.5) is 11.4 Å².